The summed E-state index contributed by atoms with van der Waals surface area (Å²) in [5, 5.41) is 6.21. The second kappa shape index (κ2) is 5.96. The summed E-state index contributed by atoms with van der Waals surface area (Å²) in [6, 6.07) is 5.52. The average Bonchev–Trinajstić information content (AvgIpc) is 2.41. The number of hydrogen-bond acceptors (Lipinski definition) is 3. The van der Waals surface area contributed by atoms with E-state index < -0.39 is 0 Å². The van der Waals surface area contributed by atoms with Crippen LogP contribution >= 0.6 is 0 Å². The van der Waals surface area contributed by atoms with Crippen molar-refractivity contribution in [2.45, 2.75) is 44.1 Å². The lowest BCUT2D eigenvalue weighted by Gasteiger charge is -2.36. The lowest BCUT2D eigenvalue weighted by atomic mass is 9.79. The number of aromatic nitrogens is 1. The van der Waals surface area contributed by atoms with Gasteiger partial charge in [0, 0.05) is 18.2 Å². The molecule has 0 aromatic carbocycles. The summed E-state index contributed by atoms with van der Waals surface area (Å²) < 4.78 is 0. The molecule has 1 saturated carbocycles. The van der Waals surface area contributed by atoms with Crippen molar-refractivity contribution in [3.8, 4) is 0 Å². The van der Waals surface area contributed by atoms with Crippen molar-refractivity contribution in [3.63, 3.8) is 0 Å². The average molecular weight is 247 g/mol. The fraction of sp³-hybridized carbons (Fsp3) is 0.571. The molecule has 1 aromatic rings. The zero-order valence-corrected chi connectivity index (χ0v) is 10.9. The minimum Gasteiger partial charge on any atom is -0.314 e. The van der Waals surface area contributed by atoms with E-state index in [0.717, 1.165) is 12.8 Å². The summed E-state index contributed by atoms with van der Waals surface area (Å²) in [6.45, 7) is 0. The van der Waals surface area contributed by atoms with Gasteiger partial charge in [0.2, 0.25) is 5.91 Å². The summed E-state index contributed by atoms with van der Waals surface area (Å²) in [4.78, 5) is 16.2. The van der Waals surface area contributed by atoms with E-state index in [1.165, 1.54) is 19.3 Å². The number of nitrogens with zero attached hydrogens (tertiary/aromatic N) is 1. The highest BCUT2D eigenvalue weighted by atomic mass is 16.1. The first-order chi connectivity index (χ1) is 8.74. The fourth-order valence-electron chi connectivity index (χ4n) is 2.67. The Morgan fingerprint density at radius 2 is 2.11 bits per heavy atom. The zero-order chi connectivity index (χ0) is 12.8. The molecule has 1 heterocycles. The molecule has 1 aliphatic carbocycles. The molecule has 0 saturated heterocycles. The summed E-state index contributed by atoms with van der Waals surface area (Å²) in [5.74, 6) is 0.675. The maximum Gasteiger partial charge on any atom is 0.227 e. The van der Waals surface area contributed by atoms with Gasteiger partial charge >= 0.3 is 0 Å². The van der Waals surface area contributed by atoms with Crippen molar-refractivity contribution in [1.82, 2.24) is 10.3 Å². The second-order valence-corrected chi connectivity index (χ2v) is 5.03. The molecular formula is C14H21N3O. The molecule has 0 unspecified atom stereocenters. The van der Waals surface area contributed by atoms with Crippen LogP contribution in [0.2, 0.25) is 0 Å². The van der Waals surface area contributed by atoms with E-state index in [2.05, 4.69) is 15.6 Å². The van der Waals surface area contributed by atoms with Gasteiger partial charge in [-0.2, -0.15) is 0 Å². The quantitative estimate of drug-likeness (QED) is 0.858. The molecule has 1 aromatic heterocycles. The Hall–Kier alpha value is -1.42. The molecule has 1 fully saturated rings. The molecule has 1 aliphatic rings. The normalized spacial score (nSPS) is 18.3. The molecule has 98 valence electrons. The van der Waals surface area contributed by atoms with Gasteiger partial charge in [0.05, 0.1) is 0 Å². The molecule has 0 atom stereocenters. The zero-order valence-electron chi connectivity index (χ0n) is 10.9. The fourth-order valence-corrected chi connectivity index (χ4v) is 2.67. The van der Waals surface area contributed by atoms with Crippen LogP contribution in [-0.4, -0.2) is 23.5 Å². The van der Waals surface area contributed by atoms with Crippen molar-refractivity contribution < 1.29 is 4.79 Å². The first-order valence-electron chi connectivity index (χ1n) is 6.64. The second-order valence-electron chi connectivity index (χ2n) is 5.03. The molecule has 1 amide bonds. The number of amides is 1. The van der Waals surface area contributed by atoms with Gasteiger partial charge in [0.1, 0.15) is 5.82 Å². The van der Waals surface area contributed by atoms with Gasteiger partial charge in [-0.15, -0.1) is 0 Å². The maximum atomic E-state index is 12.1. The van der Waals surface area contributed by atoms with E-state index in [9.17, 15) is 4.79 Å². The van der Waals surface area contributed by atoms with E-state index >= 15 is 0 Å². The molecule has 0 aliphatic heterocycles. The number of anilines is 1. The molecule has 2 rings (SSSR count). The molecule has 0 bridgehead atoms. The number of rotatable bonds is 4. The summed E-state index contributed by atoms with van der Waals surface area (Å²) in [7, 11) is 1.96. The third-order valence-electron chi connectivity index (χ3n) is 3.77. The third-order valence-corrected chi connectivity index (χ3v) is 3.77. The monoisotopic (exact) mass is 247 g/mol. The van der Waals surface area contributed by atoms with Gasteiger partial charge < -0.3 is 10.6 Å². The van der Waals surface area contributed by atoms with E-state index in [-0.39, 0.29) is 11.4 Å². The number of carbonyl (C=O) groups excluding carboxylic acids is 1. The van der Waals surface area contributed by atoms with E-state index in [4.69, 9.17) is 0 Å². The minimum atomic E-state index is -0.0168. The maximum absolute atomic E-state index is 12.1. The van der Waals surface area contributed by atoms with E-state index in [1.54, 1.807) is 6.20 Å². The Kier molecular flexibility index (Phi) is 4.31. The van der Waals surface area contributed by atoms with Crippen LogP contribution < -0.4 is 10.6 Å². The van der Waals surface area contributed by atoms with E-state index in [1.807, 2.05) is 25.2 Å². The highest BCUT2D eigenvalue weighted by Crippen LogP contribution is 2.30. The minimum absolute atomic E-state index is 0.0168. The molecule has 0 spiro atoms. The first kappa shape index (κ1) is 13.0. The Labute approximate surface area is 108 Å². The summed E-state index contributed by atoms with van der Waals surface area (Å²) in [5.41, 5.74) is -0.0168. The lowest BCUT2D eigenvalue weighted by molar-refractivity contribution is -0.117. The molecule has 18 heavy (non-hydrogen) atoms. The number of hydrogen-bond donors (Lipinski definition) is 2. The van der Waals surface area contributed by atoms with Crippen LogP contribution in [-0.2, 0) is 4.79 Å². The van der Waals surface area contributed by atoms with Crippen molar-refractivity contribution >= 4 is 11.7 Å². The standard InChI is InChI=1S/C14H21N3O/c1-15-14(8-4-2-5-9-14)11-13(18)17-12-7-3-6-10-16-12/h3,6-7,10,15H,2,4-5,8-9,11H2,1H3,(H,16,17,18). The van der Waals surface area contributed by atoms with E-state index in [0.29, 0.717) is 12.2 Å². The summed E-state index contributed by atoms with van der Waals surface area (Å²) >= 11 is 0. The molecule has 4 nitrogen and oxygen atoms in total. The molecule has 4 heteroatoms. The molecule has 0 radical (unpaired) electrons. The van der Waals surface area contributed by atoms with Crippen molar-refractivity contribution in [2.75, 3.05) is 12.4 Å². The first-order valence-corrected chi connectivity index (χ1v) is 6.64. The van der Waals surface area contributed by atoms with Crippen molar-refractivity contribution in [1.29, 1.82) is 0 Å². The van der Waals surface area contributed by atoms with Gasteiger partial charge in [-0.05, 0) is 32.0 Å². The smallest absolute Gasteiger partial charge is 0.227 e. The van der Waals surface area contributed by atoms with Crippen molar-refractivity contribution in [2.24, 2.45) is 0 Å². The van der Waals surface area contributed by atoms with Crippen molar-refractivity contribution in [3.05, 3.63) is 24.4 Å². The largest absolute Gasteiger partial charge is 0.314 e. The predicted molar refractivity (Wildman–Crippen MR) is 72.4 cm³/mol. The topological polar surface area (TPSA) is 54.0 Å². The van der Waals surface area contributed by atoms with Gasteiger partial charge in [0.25, 0.3) is 0 Å². The van der Waals surface area contributed by atoms with Crippen LogP contribution in [0.25, 0.3) is 0 Å². The van der Waals surface area contributed by atoms with Gasteiger partial charge in [-0.3, -0.25) is 4.79 Å². The molecule has 2 N–H and O–H groups in total. The Morgan fingerprint density at radius 3 is 2.72 bits per heavy atom. The van der Waals surface area contributed by atoms with Crippen LogP contribution in [0.5, 0.6) is 0 Å². The highest BCUT2D eigenvalue weighted by Gasteiger charge is 2.32. The van der Waals surface area contributed by atoms with Gasteiger partial charge in [-0.25, -0.2) is 4.98 Å². The molecular weight excluding hydrogens is 226 g/mol. The number of carbonyl (C=O) groups is 1. The number of nitrogens with one attached hydrogen (secondary N) is 2. The third kappa shape index (κ3) is 3.29. The van der Waals surface area contributed by atoms with Crippen LogP contribution in [0.1, 0.15) is 38.5 Å². The van der Waals surface area contributed by atoms with Gasteiger partial charge in [0.15, 0.2) is 0 Å². The van der Waals surface area contributed by atoms with Gasteiger partial charge in [-0.1, -0.05) is 25.3 Å². The number of pyridine rings is 1. The van der Waals surface area contributed by atoms with Crippen LogP contribution in [0, 0.1) is 0 Å². The van der Waals surface area contributed by atoms with Crippen LogP contribution in [0.15, 0.2) is 24.4 Å². The summed E-state index contributed by atoms with van der Waals surface area (Å²) in [6.07, 6.45) is 8.07. The Morgan fingerprint density at radius 1 is 1.33 bits per heavy atom. The SMILES string of the molecule is CNC1(CC(=O)Nc2ccccn2)CCCCC1. The van der Waals surface area contributed by atoms with Crippen LogP contribution in [0.3, 0.4) is 0 Å². The Balaban J connectivity index is 1.93. The highest BCUT2D eigenvalue weighted by molar-refractivity contribution is 5.90. The lowest BCUT2D eigenvalue weighted by Crippen LogP contribution is -2.47. The Bertz CT molecular complexity index is 385. The van der Waals surface area contributed by atoms with Crippen LogP contribution in [0.4, 0.5) is 5.82 Å². The predicted octanol–water partition coefficient (Wildman–Crippen LogP) is 2.33.